The molecule has 0 spiro atoms. The molecule has 0 radical (unpaired) electrons. The molecule has 94 valence electrons. The quantitative estimate of drug-likeness (QED) is 0.870. The minimum Gasteiger partial charge on any atom is -0.490 e. The predicted octanol–water partition coefficient (Wildman–Crippen LogP) is 2.76. The van der Waals surface area contributed by atoms with Crippen LogP contribution in [0.25, 0.3) is 0 Å². The van der Waals surface area contributed by atoms with Crippen LogP contribution in [0, 0.1) is 5.92 Å². The molecule has 1 aliphatic heterocycles. The summed E-state index contributed by atoms with van der Waals surface area (Å²) < 4.78 is 11.6. The first-order chi connectivity index (χ1) is 8.27. The topological polar surface area (TPSA) is 30.5 Å². The molecule has 1 aromatic rings. The van der Waals surface area contributed by atoms with Crippen molar-refractivity contribution in [1.82, 2.24) is 5.32 Å². The highest BCUT2D eigenvalue weighted by molar-refractivity contribution is 5.49. The summed E-state index contributed by atoms with van der Waals surface area (Å²) in [5.74, 6) is 2.27. The van der Waals surface area contributed by atoms with Crippen LogP contribution in [0.15, 0.2) is 18.2 Å². The monoisotopic (exact) mass is 235 g/mol. The van der Waals surface area contributed by atoms with Crippen molar-refractivity contribution in [2.24, 2.45) is 5.92 Å². The molecule has 1 N–H and O–H groups in total. The Morgan fingerprint density at radius 3 is 3.00 bits per heavy atom. The van der Waals surface area contributed by atoms with Gasteiger partial charge >= 0.3 is 0 Å². The lowest BCUT2D eigenvalue weighted by Gasteiger charge is -2.32. The molecule has 1 aromatic carbocycles. The van der Waals surface area contributed by atoms with Crippen LogP contribution in [0.1, 0.15) is 31.9 Å². The molecule has 0 aliphatic carbocycles. The fraction of sp³-hybridized carbons (Fsp3) is 0.571. The van der Waals surface area contributed by atoms with Crippen molar-refractivity contribution in [1.29, 1.82) is 0 Å². The third-order valence-corrected chi connectivity index (χ3v) is 3.18. The molecule has 1 heterocycles. The van der Waals surface area contributed by atoms with Gasteiger partial charge in [0.25, 0.3) is 0 Å². The zero-order valence-corrected chi connectivity index (χ0v) is 10.8. The Morgan fingerprint density at radius 1 is 1.47 bits per heavy atom. The highest BCUT2D eigenvalue weighted by Gasteiger charge is 2.28. The second kappa shape index (κ2) is 5.41. The molecule has 2 atom stereocenters. The minimum absolute atomic E-state index is 0.351. The molecular formula is C14H21NO2. The summed E-state index contributed by atoms with van der Waals surface area (Å²) >= 11 is 0. The standard InChI is InChI=1S/C14H21NO2/c1-4-8-16-12-7-5-6-11-13(15-3)10(2)9-17-14(11)12/h5-7,10,13,15H,4,8-9H2,1-3H3. The molecule has 0 saturated carbocycles. The lowest BCUT2D eigenvalue weighted by atomic mass is 9.92. The Kier molecular flexibility index (Phi) is 3.89. The third kappa shape index (κ3) is 2.39. The first-order valence-electron chi connectivity index (χ1n) is 6.33. The molecular weight excluding hydrogens is 214 g/mol. The Morgan fingerprint density at radius 2 is 2.29 bits per heavy atom. The average molecular weight is 235 g/mol. The van der Waals surface area contributed by atoms with Crippen LogP contribution in [-0.2, 0) is 0 Å². The molecule has 0 bridgehead atoms. The predicted molar refractivity (Wildman–Crippen MR) is 68.7 cm³/mol. The van der Waals surface area contributed by atoms with E-state index in [4.69, 9.17) is 9.47 Å². The van der Waals surface area contributed by atoms with E-state index in [1.54, 1.807) is 0 Å². The summed E-state index contributed by atoms with van der Waals surface area (Å²) in [6.45, 7) is 5.78. The Hall–Kier alpha value is -1.22. The number of rotatable bonds is 4. The fourth-order valence-electron chi connectivity index (χ4n) is 2.32. The zero-order valence-electron chi connectivity index (χ0n) is 10.8. The third-order valence-electron chi connectivity index (χ3n) is 3.18. The molecule has 0 fully saturated rings. The molecule has 2 rings (SSSR count). The Bertz CT molecular complexity index is 378. The first kappa shape index (κ1) is 12.2. The van der Waals surface area contributed by atoms with Crippen LogP contribution in [-0.4, -0.2) is 20.3 Å². The molecule has 0 amide bonds. The summed E-state index contributed by atoms with van der Waals surface area (Å²) in [6, 6.07) is 6.49. The SMILES string of the molecule is CCCOc1cccc2c1OCC(C)C2NC. The van der Waals surface area contributed by atoms with E-state index in [0.29, 0.717) is 12.0 Å². The maximum absolute atomic E-state index is 5.83. The van der Waals surface area contributed by atoms with Gasteiger partial charge in [0.05, 0.1) is 13.2 Å². The van der Waals surface area contributed by atoms with Crippen LogP contribution in [0.2, 0.25) is 0 Å². The van der Waals surface area contributed by atoms with Gasteiger partial charge in [0.2, 0.25) is 0 Å². The summed E-state index contributed by atoms with van der Waals surface area (Å²) in [5.41, 5.74) is 1.21. The number of hydrogen-bond acceptors (Lipinski definition) is 3. The van der Waals surface area contributed by atoms with Gasteiger partial charge in [-0.15, -0.1) is 0 Å². The smallest absolute Gasteiger partial charge is 0.165 e. The van der Waals surface area contributed by atoms with Gasteiger partial charge in [0.15, 0.2) is 11.5 Å². The highest BCUT2D eigenvalue weighted by atomic mass is 16.5. The average Bonchev–Trinajstić information content (AvgIpc) is 2.36. The van der Waals surface area contributed by atoms with Crippen LogP contribution < -0.4 is 14.8 Å². The molecule has 3 heteroatoms. The van der Waals surface area contributed by atoms with Crippen molar-refractivity contribution in [2.75, 3.05) is 20.3 Å². The van der Waals surface area contributed by atoms with Crippen molar-refractivity contribution in [3.63, 3.8) is 0 Å². The second-order valence-corrected chi connectivity index (χ2v) is 4.58. The van der Waals surface area contributed by atoms with E-state index in [-0.39, 0.29) is 0 Å². The number of para-hydroxylation sites is 1. The number of hydrogen-bond donors (Lipinski definition) is 1. The maximum Gasteiger partial charge on any atom is 0.165 e. The lowest BCUT2D eigenvalue weighted by molar-refractivity contribution is 0.181. The number of benzene rings is 1. The van der Waals surface area contributed by atoms with E-state index >= 15 is 0 Å². The number of fused-ring (bicyclic) bond motifs is 1. The lowest BCUT2D eigenvalue weighted by Crippen LogP contribution is -2.32. The first-order valence-corrected chi connectivity index (χ1v) is 6.33. The van der Waals surface area contributed by atoms with Gasteiger partial charge in [-0.2, -0.15) is 0 Å². The van der Waals surface area contributed by atoms with Crippen LogP contribution in [0.3, 0.4) is 0 Å². The van der Waals surface area contributed by atoms with Gasteiger partial charge in [0.1, 0.15) is 0 Å². The largest absolute Gasteiger partial charge is 0.490 e. The molecule has 0 saturated heterocycles. The summed E-state index contributed by atoms with van der Waals surface area (Å²) in [6.07, 6.45) is 1.01. The maximum atomic E-state index is 5.83. The normalized spacial score (nSPS) is 22.8. The highest BCUT2D eigenvalue weighted by Crippen LogP contribution is 2.41. The minimum atomic E-state index is 0.351. The molecule has 0 aromatic heterocycles. The summed E-state index contributed by atoms with van der Waals surface area (Å²) in [4.78, 5) is 0. The van der Waals surface area contributed by atoms with Crippen LogP contribution in [0.4, 0.5) is 0 Å². The van der Waals surface area contributed by atoms with Crippen molar-refractivity contribution in [2.45, 2.75) is 26.3 Å². The van der Waals surface area contributed by atoms with Gasteiger partial charge in [-0.25, -0.2) is 0 Å². The van der Waals surface area contributed by atoms with Gasteiger partial charge in [-0.05, 0) is 19.5 Å². The van der Waals surface area contributed by atoms with Gasteiger partial charge in [-0.3, -0.25) is 0 Å². The molecule has 1 aliphatic rings. The van der Waals surface area contributed by atoms with E-state index in [9.17, 15) is 0 Å². The van der Waals surface area contributed by atoms with Crippen LogP contribution in [0.5, 0.6) is 11.5 Å². The molecule has 17 heavy (non-hydrogen) atoms. The van der Waals surface area contributed by atoms with E-state index < -0.39 is 0 Å². The van der Waals surface area contributed by atoms with Crippen molar-refractivity contribution >= 4 is 0 Å². The van der Waals surface area contributed by atoms with Crippen LogP contribution >= 0.6 is 0 Å². The fourth-order valence-corrected chi connectivity index (χ4v) is 2.32. The Balaban J connectivity index is 2.31. The number of ether oxygens (including phenoxy) is 2. The van der Waals surface area contributed by atoms with E-state index in [1.165, 1.54) is 5.56 Å². The zero-order chi connectivity index (χ0) is 12.3. The van der Waals surface area contributed by atoms with Crippen molar-refractivity contribution < 1.29 is 9.47 Å². The van der Waals surface area contributed by atoms with E-state index in [2.05, 4.69) is 25.2 Å². The van der Waals surface area contributed by atoms with Crippen molar-refractivity contribution in [3.05, 3.63) is 23.8 Å². The summed E-state index contributed by atoms with van der Waals surface area (Å²) in [5, 5.41) is 3.36. The Labute approximate surface area is 103 Å². The van der Waals surface area contributed by atoms with Gasteiger partial charge < -0.3 is 14.8 Å². The van der Waals surface area contributed by atoms with Gasteiger partial charge in [-0.1, -0.05) is 26.0 Å². The van der Waals surface area contributed by atoms with E-state index in [0.717, 1.165) is 31.1 Å². The van der Waals surface area contributed by atoms with Crippen molar-refractivity contribution in [3.8, 4) is 11.5 Å². The second-order valence-electron chi connectivity index (χ2n) is 4.58. The van der Waals surface area contributed by atoms with E-state index in [1.807, 2.05) is 19.2 Å². The molecule has 2 unspecified atom stereocenters. The number of nitrogens with one attached hydrogen (secondary N) is 1. The summed E-state index contributed by atoms with van der Waals surface area (Å²) in [7, 11) is 2.00. The molecule has 3 nitrogen and oxygen atoms in total. The van der Waals surface area contributed by atoms with Gasteiger partial charge in [0, 0.05) is 17.5 Å².